The van der Waals surface area contributed by atoms with E-state index >= 15 is 0 Å². The quantitative estimate of drug-likeness (QED) is 0.821. The van der Waals surface area contributed by atoms with Crippen molar-refractivity contribution >= 4 is 0 Å². The van der Waals surface area contributed by atoms with Gasteiger partial charge < -0.3 is 10.2 Å². The highest BCUT2D eigenvalue weighted by Crippen LogP contribution is 2.50. The van der Waals surface area contributed by atoms with Gasteiger partial charge in [-0.1, -0.05) is 30.7 Å². The minimum absolute atomic E-state index is 0.312. The fourth-order valence-corrected chi connectivity index (χ4v) is 3.54. The second kappa shape index (κ2) is 4.27. The monoisotopic (exact) mass is 268 g/mol. The summed E-state index contributed by atoms with van der Waals surface area (Å²) in [6, 6.07) is 9.43. The number of rotatable bonds is 1. The molecule has 2 N–H and O–H groups in total. The zero-order valence-electron chi connectivity index (χ0n) is 12.2. The molecule has 1 atom stereocenters. The number of fused-ring (bicyclic) bond motifs is 1. The Balaban J connectivity index is 2.27. The Bertz CT molecular complexity index is 688. The number of phenolic OH excluding ortho intramolecular Hbond substituents is 2. The Morgan fingerprint density at radius 3 is 2.45 bits per heavy atom. The molecular weight excluding hydrogens is 248 g/mol. The van der Waals surface area contributed by atoms with Crippen molar-refractivity contribution in [3.05, 3.63) is 58.1 Å². The van der Waals surface area contributed by atoms with Crippen molar-refractivity contribution in [1.82, 2.24) is 0 Å². The van der Waals surface area contributed by atoms with Crippen LogP contribution in [-0.2, 0) is 11.8 Å². The van der Waals surface area contributed by atoms with E-state index in [-0.39, 0.29) is 5.41 Å². The number of aryl methyl sites for hydroxylation is 2. The fraction of sp³-hybridized carbons (Fsp3) is 0.333. The predicted molar refractivity (Wildman–Crippen MR) is 80.5 cm³/mol. The molecule has 0 saturated carbocycles. The summed E-state index contributed by atoms with van der Waals surface area (Å²) < 4.78 is 0. The molecule has 1 aliphatic rings. The SMILES string of the molecule is Cc1ccc(O)c(C2(C)CCc3c(C)ccc(O)c32)c1. The molecule has 0 fully saturated rings. The summed E-state index contributed by atoms with van der Waals surface area (Å²) >= 11 is 0. The van der Waals surface area contributed by atoms with Crippen LogP contribution < -0.4 is 0 Å². The third kappa shape index (κ3) is 1.71. The second-order valence-corrected chi connectivity index (χ2v) is 6.11. The maximum Gasteiger partial charge on any atom is 0.119 e. The van der Waals surface area contributed by atoms with E-state index in [1.165, 1.54) is 11.1 Å². The van der Waals surface area contributed by atoms with Gasteiger partial charge in [-0.05, 0) is 49.9 Å². The molecule has 0 heterocycles. The molecule has 0 radical (unpaired) electrons. The molecule has 0 aromatic heterocycles. The number of hydrogen-bond acceptors (Lipinski definition) is 2. The van der Waals surface area contributed by atoms with Gasteiger partial charge in [0.2, 0.25) is 0 Å². The van der Waals surface area contributed by atoms with Crippen LogP contribution in [0.2, 0.25) is 0 Å². The lowest BCUT2D eigenvalue weighted by atomic mass is 9.76. The molecule has 3 rings (SSSR count). The fourth-order valence-electron chi connectivity index (χ4n) is 3.54. The Kier molecular flexibility index (Phi) is 2.79. The maximum atomic E-state index is 10.3. The summed E-state index contributed by atoms with van der Waals surface area (Å²) in [6.45, 7) is 6.23. The van der Waals surface area contributed by atoms with Crippen molar-refractivity contribution in [2.24, 2.45) is 0 Å². The Morgan fingerprint density at radius 2 is 1.70 bits per heavy atom. The first kappa shape index (κ1) is 13.0. The first-order valence-electron chi connectivity index (χ1n) is 7.05. The number of aromatic hydroxyl groups is 2. The average molecular weight is 268 g/mol. The molecule has 0 spiro atoms. The Labute approximate surface area is 119 Å². The van der Waals surface area contributed by atoms with Crippen molar-refractivity contribution < 1.29 is 10.2 Å². The summed E-state index contributed by atoms with van der Waals surface area (Å²) in [5.41, 5.74) is 5.15. The van der Waals surface area contributed by atoms with Gasteiger partial charge in [0, 0.05) is 16.5 Å². The van der Waals surface area contributed by atoms with E-state index in [9.17, 15) is 10.2 Å². The largest absolute Gasteiger partial charge is 0.508 e. The van der Waals surface area contributed by atoms with Gasteiger partial charge >= 0.3 is 0 Å². The molecule has 0 saturated heterocycles. The molecule has 1 aliphatic carbocycles. The van der Waals surface area contributed by atoms with Gasteiger partial charge in [0.25, 0.3) is 0 Å². The second-order valence-electron chi connectivity index (χ2n) is 6.11. The molecule has 2 aromatic rings. The average Bonchev–Trinajstić information content (AvgIpc) is 2.77. The highest BCUT2D eigenvalue weighted by atomic mass is 16.3. The van der Waals surface area contributed by atoms with E-state index < -0.39 is 0 Å². The third-order valence-electron chi connectivity index (χ3n) is 4.70. The van der Waals surface area contributed by atoms with Gasteiger partial charge in [-0.2, -0.15) is 0 Å². The first-order chi connectivity index (χ1) is 9.43. The Hall–Kier alpha value is -1.96. The van der Waals surface area contributed by atoms with Crippen molar-refractivity contribution in [2.75, 3.05) is 0 Å². The minimum atomic E-state index is -0.318. The topological polar surface area (TPSA) is 40.5 Å². The van der Waals surface area contributed by atoms with Crippen LogP contribution in [0.15, 0.2) is 30.3 Å². The van der Waals surface area contributed by atoms with Gasteiger partial charge in [0.05, 0.1) is 0 Å². The summed E-state index contributed by atoms with van der Waals surface area (Å²) in [4.78, 5) is 0. The summed E-state index contributed by atoms with van der Waals surface area (Å²) in [5, 5.41) is 20.6. The maximum absolute atomic E-state index is 10.3. The van der Waals surface area contributed by atoms with Gasteiger partial charge in [0.1, 0.15) is 11.5 Å². The first-order valence-corrected chi connectivity index (χ1v) is 7.05. The van der Waals surface area contributed by atoms with Crippen LogP contribution in [0.5, 0.6) is 11.5 Å². The van der Waals surface area contributed by atoms with Crippen molar-refractivity contribution in [3.8, 4) is 11.5 Å². The molecule has 104 valence electrons. The lowest BCUT2D eigenvalue weighted by Gasteiger charge is -2.28. The van der Waals surface area contributed by atoms with Gasteiger partial charge in [0.15, 0.2) is 0 Å². The van der Waals surface area contributed by atoms with Gasteiger partial charge in [-0.3, -0.25) is 0 Å². The molecule has 0 aliphatic heterocycles. The van der Waals surface area contributed by atoms with Crippen molar-refractivity contribution in [3.63, 3.8) is 0 Å². The molecule has 20 heavy (non-hydrogen) atoms. The van der Waals surface area contributed by atoms with Crippen LogP contribution >= 0.6 is 0 Å². The van der Waals surface area contributed by atoms with E-state index in [4.69, 9.17) is 0 Å². The van der Waals surface area contributed by atoms with Crippen molar-refractivity contribution in [2.45, 2.75) is 39.0 Å². The van der Waals surface area contributed by atoms with E-state index in [1.807, 2.05) is 25.1 Å². The minimum Gasteiger partial charge on any atom is -0.508 e. The van der Waals surface area contributed by atoms with E-state index in [2.05, 4.69) is 13.8 Å². The third-order valence-corrected chi connectivity index (χ3v) is 4.70. The molecule has 0 amide bonds. The molecule has 2 heteroatoms. The van der Waals surface area contributed by atoms with Crippen LogP contribution in [-0.4, -0.2) is 10.2 Å². The van der Waals surface area contributed by atoms with Crippen LogP contribution in [0.25, 0.3) is 0 Å². The number of benzene rings is 2. The molecule has 0 bridgehead atoms. The Morgan fingerprint density at radius 1 is 1.00 bits per heavy atom. The smallest absolute Gasteiger partial charge is 0.119 e. The van der Waals surface area contributed by atoms with Crippen LogP contribution in [0, 0.1) is 13.8 Å². The van der Waals surface area contributed by atoms with Gasteiger partial charge in [-0.25, -0.2) is 0 Å². The summed E-state index contributed by atoms with van der Waals surface area (Å²) in [5.74, 6) is 0.651. The highest BCUT2D eigenvalue weighted by molar-refractivity contribution is 5.59. The molecule has 2 nitrogen and oxygen atoms in total. The van der Waals surface area contributed by atoms with E-state index in [0.29, 0.717) is 11.5 Å². The van der Waals surface area contributed by atoms with Crippen LogP contribution in [0.4, 0.5) is 0 Å². The van der Waals surface area contributed by atoms with Crippen molar-refractivity contribution in [1.29, 1.82) is 0 Å². The molecule has 2 aromatic carbocycles. The summed E-state index contributed by atoms with van der Waals surface area (Å²) in [6.07, 6.45) is 1.86. The van der Waals surface area contributed by atoms with E-state index in [1.54, 1.807) is 12.1 Å². The zero-order chi connectivity index (χ0) is 14.5. The lowest BCUT2D eigenvalue weighted by Crippen LogP contribution is -2.20. The van der Waals surface area contributed by atoms with Gasteiger partial charge in [-0.15, -0.1) is 0 Å². The zero-order valence-corrected chi connectivity index (χ0v) is 12.2. The number of hydrogen-bond donors (Lipinski definition) is 2. The predicted octanol–water partition coefficient (Wildman–Crippen LogP) is 3.97. The lowest BCUT2D eigenvalue weighted by molar-refractivity contribution is 0.427. The molecule has 1 unspecified atom stereocenters. The summed E-state index contributed by atoms with van der Waals surface area (Å²) in [7, 11) is 0. The van der Waals surface area contributed by atoms with Crippen LogP contribution in [0.1, 0.15) is 41.2 Å². The van der Waals surface area contributed by atoms with Crippen LogP contribution in [0.3, 0.4) is 0 Å². The molecular formula is C18H20O2. The standard InChI is InChI=1S/C18H20O2/c1-11-4-6-15(19)14(10-11)18(3)9-8-13-12(2)5-7-16(20)17(13)18/h4-7,10,19-20H,8-9H2,1-3H3. The van der Waals surface area contributed by atoms with E-state index in [0.717, 1.165) is 29.5 Å². The number of phenols is 2. The highest BCUT2D eigenvalue weighted by Gasteiger charge is 2.40. The normalized spacial score (nSPS) is 20.9.